The van der Waals surface area contributed by atoms with Crippen molar-refractivity contribution < 1.29 is 13.2 Å². The maximum absolute atomic E-state index is 12.3. The molecule has 2 aromatic carbocycles. The van der Waals surface area contributed by atoms with Crippen LogP contribution in [-0.4, -0.2) is 32.4 Å². The molecule has 6 heteroatoms. The molecule has 1 heterocycles. The largest absolute Gasteiger partial charge is 0.339 e. The number of hydrogen-bond acceptors (Lipinski definition) is 4. The first-order chi connectivity index (χ1) is 12.4. The van der Waals surface area contributed by atoms with E-state index in [1.807, 2.05) is 50.2 Å². The van der Waals surface area contributed by atoms with Crippen LogP contribution in [0.3, 0.4) is 0 Å². The zero-order chi connectivity index (χ0) is 18.7. The second-order valence-electron chi connectivity index (χ2n) is 7.04. The molecule has 0 unspecified atom stereocenters. The lowest BCUT2D eigenvalue weighted by atomic mass is 10.2. The zero-order valence-electron chi connectivity index (χ0n) is 15.1. The van der Waals surface area contributed by atoms with Crippen molar-refractivity contribution in [3.05, 3.63) is 54.1 Å². The van der Waals surface area contributed by atoms with Crippen molar-refractivity contribution in [2.24, 2.45) is 5.92 Å². The van der Waals surface area contributed by atoms with Crippen LogP contribution in [0.4, 0.5) is 17.1 Å². The summed E-state index contributed by atoms with van der Waals surface area (Å²) < 4.78 is 24.2. The van der Waals surface area contributed by atoms with Gasteiger partial charge in [0.1, 0.15) is 5.75 Å². The molecule has 0 radical (unpaired) electrons. The van der Waals surface area contributed by atoms with Gasteiger partial charge in [0.15, 0.2) is 9.84 Å². The summed E-state index contributed by atoms with van der Waals surface area (Å²) in [4.78, 5) is 14.5. The standard InChI is InChI=1S/C20H24N2O3S/c1-15(2)13-26(24,25)14-20(23)21-17-8-4-6-10-19(17)22-12-11-16-7-3-5-9-18(16)22/h3-10,15H,11-14H2,1-2H3,(H,21,23). The Bertz CT molecular complexity index is 907. The van der Waals surface area contributed by atoms with Gasteiger partial charge in [0.05, 0.1) is 17.1 Å². The topological polar surface area (TPSA) is 66.5 Å². The highest BCUT2D eigenvalue weighted by atomic mass is 32.2. The van der Waals surface area contributed by atoms with Crippen molar-refractivity contribution in [3.63, 3.8) is 0 Å². The van der Waals surface area contributed by atoms with Gasteiger partial charge < -0.3 is 10.2 Å². The van der Waals surface area contributed by atoms with Crippen LogP contribution in [0.15, 0.2) is 48.5 Å². The fourth-order valence-corrected chi connectivity index (χ4v) is 4.96. The van der Waals surface area contributed by atoms with Crippen molar-refractivity contribution in [3.8, 4) is 0 Å². The fourth-order valence-electron chi connectivity index (χ4n) is 3.36. The molecule has 0 saturated carbocycles. The van der Waals surface area contributed by atoms with Crippen LogP contribution in [-0.2, 0) is 21.1 Å². The van der Waals surface area contributed by atoms with Crippen LogP contribution in [0.1, 0.15) is 19.4 Å². The summed E-state index contributed by atoms with van der Waals surface area (Å²) in [5.74, 6) is -0.968. The number of carbonyl (C=O) groups excluding carboxylic acids is 1. The first-order valence-electron chi connectivity index (χ1n) is 8.80. The Labute approximate surface area is 154 Å². The smallest absolute Gasteiger partial charge is 0.239 e. The highest BCUT2D eigenvalue weighted by Crippen LogP contribution is 2.38. The monoisotopic (exact) mass is 372 g/mol. The molecule has 0 atom stereocenters. The first-order valence-corrected chi connectivity index (χ1v) is 10.6. The lowest BCUT2D eigenvalue weighted by Crippen LogP contribution is -2.27. The van der Waals surface area contributed by atoms with Gasteiger partial charge in [0, 0.05) is 12.2 Å². The Hall–Kier alpha value is -2.34. The summed E-state index contributed by atoms with van der Waals surface area (Å²) in [5.41, 5.74) is 3.91. The van der Waals surface area contributed by atoms with Gasteiger partial charge in [0.2, 0.25) is 5.91 Å². The lowest BCUT2D eigenvalue weighted by Gasteiger charge is -2.23. The highest BCUT2D eigenvalue weighted by molar-refractivity contribution is 7.92. The summed E-state index contributed by atoms with van der Waals surface area (Å²) in [5, 5.41) is 2.79. The van der Waals surface area contributed by atoms with E-state index in [1.54, 1.807) is 0 Å². The van der Waals surface area contributed by atoms with Crippen molar-refractivity contribution >= 4 is 32.8 Å². The van der Waals surface area contributed by atoms with Gasteiger partial charge in [0.25, 0.3) is 0 Å². The molecule has 1 N–H and O–H groups in total. The number of fused-ring (bicyclic) bond motifs is 1. The molecule has 0 aromatic heterocycles. The average molecular weight is 372 g/mol. The van der Waals surface area contributed by atoms with E-state index in [1.165, 1.54) is 5.56 Å². The summed E-state index contributed by atoms with van der Waals surface area (Å²) in [6.45, 7) is 4.49. The number of nitrogens with one attached hydrogen (secondary N) is 1. The molecule has 0 bridgehead atoms. The Balaban J connectivity index is 1.80. The average Bonchev–Trinajstić information content (AvgIpc) is 2.97. The van der Waals surface area contributed by atoms with Crippen LogP contribution in [0, 0.1) is 5.92 Å². The number of para-hydroxylation sites is 3. The van der Waals surface area contributed by atoms with E-state index < -0.39 is 21.5 Å². The molecule has 5 nitrogen and oxygen atoms in total. The summed E-state index contributed by atoms with van der Waals surface area (Å²) in [6, 6.07) is 15.7. The van der Waals surface area contributed by atoms with Gasteiger partial charge in [-0.15, -0.1) is 0 Å². The molecule has 0 fully saturated rings. The van der Waals surface area contributed by atoms with E-state index >= 15 is 0 Å². The third kappa shape index (κ3) is 4.25. The second-order valence-corrected chi connectivity index (χ2v) is 9.15. The predicted molar refractivity (Wildman–Crippen MR) is 106 cm³/mol. The number of hydrogen-bond donors (Lipinski definition) is 1. The van der Waals surface area contributed by atoms with Crippen LogP contribution < -0.4 is 10.2 Å². The molecule has 1 amide bonds. The number of nitrogens with zero attached hydrogens (tertiary/aromatic N) is 1. The maximum atomic E-state index is 12.3. The van der Waals surface area contributed by atoms with Crippen LogP contribution in [0.25, 0.3) is 0 Å². The van der Waals surface area contributed by atoms with E-state index in [0.717, 1.165) is 24.3 Å². The number of anilines is 3. The minimum absolute atomic E-state index is 0.00110. The SMILES string of the molecule is CC(C)CS(=O)(=O)CC(=O)Nc1ccccc1N1CCc2ccccc21. The van der Waals surface area contributed by atoms with Gasteiger partial charge in [-0.25, -0.2) is 8.42 Å². The van der Waals surface area contributed by atoms with Gasteiger partial charge in [-0.1, -0.05) is 44.2 Å². The minimum atomic E-state index is -3.41. The number of amides is 1. The molecular weight excluding hydrogens is 348 g/mol. The third-order valence-corrected chi connectivity index (χ3v) is 6.17. The fraction of sp³-hybridized carbons (Fsp3) is 0.350. The molecule has 0 aliphatic carbocycles. The van der Waals surface area contributed by atoms with Gasteiger partial charge in [-0.05, 0) is 36.1 Å². The molecule has 26 heavy (non-hydrogen) atoms. The highest BCUT2D eigenvalue weighted by Gasteiger charge is 2.23. The molecule has 3 rings (SSSR count). The number of carbonyl (C=O) groups is 1. The van der Waals surface area contributed by atoms with Gasteiger partial charge >= 0.3 is 0 Å². The first kappa shape index (κ1) is 18.5. The van der Waals surface area contributed by atoms with Gasteiger partial charge in [-0.2, -0.15) is 0 Å². The van der Waals surface area contributed by atoms with Crippen molar-refractivity contribution in [1.29, 1.82) is 0 Å². The van der Waals surface area contributed by atoms with E-state index in [9.17, 15) is 13.2 Å². The van der Waals surface area contributed by atoms with E-state index in [2.05, 4.69) is 22.3 Å². The molecule has 1 aliphatic heterocycles. The molecule has 2 aromatic rings. The molecule has 0 spiro atoms. The van der Waals surface area contributed by atoms with E-state index in [-0.39, 0.29) is 11.7 Å². The van der Waals surface area contributed by atoms with Gasteiger partial charge in [-0.3, -0.25) is 4.79 Å². The van der Waals surface area contributed by atoms with Crippen LogP contribution in [0.2, 0.25) is 0 Å². The number of benzene rings is 2. The second kappa shape index (κ2) is 7.50. The summed E-state index contributed by atoms with van der Waals surface area (Å²) >= 11 is 0. The summed E-state index contributed by atoms with van der Waals surface area (Å²) in [6.07, 6.45) is 0.946. The molecule has 1 aliphatic rings. The minimum Gasteiger partial charge on any atom is -0.339 e. The summed E-state index contributed by atoms with van der Waals surface area (Å²) in [7, 11) is -3.41. The Morgan fingerprint density at radius 3 is 2.46 bits per heavy atom. The maximum Gasteiger partial charge on any atom is 0.239 e. The lowest BCUT2D eigenvalue weighted by molar-refractivity contribution is -0.113. The number of sulfone groups is 1. The Morgan fingerprint density at radius 1 is 1.08 bits per heavy atom. The van der Waals surface area contributed by atoms with E-state index in [0.29, 0.717) is 5.69 Å². The van der Waals surface area contributed by atoms with Crippen molar-refractivity contribution in [2.75, 3.05) is 28.3 Å². The molecular formula is C20H24N2O3S. The number of rotatable bonds is 6. The zero-order valence-corrected chi connectivity index (χ0v) is 15.9. The van der Waals surface area contributed by atoms with Crippen molar-refractivity contribution in [2.45, 2.75) is 20.3 Å². The third-order valence-electron chi connectivity index (χ3n) is 4.29. The molecule has 0 saturated heterocycles. The molecule has 138 valence electrons. The normalized spacial score (nSPS) is 13.7. The quantitative estimate of drug-likeness (QED) is 0.844. The Morgan fingerprint density at radius 2 is 1.73 bits per heavy atom. The Kier molecular flexibility index (Phi) is 5.32. The van der Waals surface area contributed by atoms with Crippen LogP contribution >= 0.6 is 0 Å². The van der Waals surface area contributed by atoms with Crippen molar-refractivity contribution in [1.82, 2.24) is 0 Å². The predicted octanol–water partition coefficient (Wildman–Crippen LogP) is 3.39. The van der Waals surface area contributed by atoms with E-state index in [4.69, 9.17) is 0 Å². The van der Waals surface area contributed by atoms with Crippen LogP contribution in [0.5, 0.6) is 0 Å².